The van der Waals surface area contributed by atoms with Gasteiger partial charge in [0.2, 0.25) is 11.9 Å². The van der Waals surface area contributed by atoms with Crippen LogP contribution in [0.4, 0.5) is 5.95 Å². The zero-order valence-electron chi connectivity index (χ0n) is 11.3. The molecule has 7 nitrogen and oxygen atoms in total. The van der Waals surface area contributed by atoms with Crippen molar-refractivity contribution in [2.45, 2.75) is 13.3 Å². The molecule has 7 heteroatoms. The lowest BCUT2D eigenvalue weighted by molar-refractivity contribution is -0.120. The van der Waals surface area contributed by atoms with Crippen LogP contribution in [0.5, 0.6) is 0 Å². The topological polar surface area (TPSA) is 106 Å². The monoisotopic (exact) mass is 273 g/mol. The standard InChI is InChI=1S/C13H15N5O2/c1-3-9(19)15-6-4-5-8-7-18(2)11-10(8)12(20)17-13(14)16-11/h7H,3,6H2,1-2H3,(H,15,19)(H3,14,16,17,20). The van der Waals surface area contributed by atoms with Crippen molar-refractivity contribution >= 4 is 22.9 Å². The van der Waals surface area contributed by atoms with Gasteiger partial charge in [0.25, 0.3) is 5.56 Å². The minimum absolute atomic E-state index is 0.0653. The number of nitrogens with one attached hydrogen (secondary N) is 2. The average Bonchev–Trinajstić information content (AvgIpc) is 2.71. The Morgan fingerprint density at radius 3 is 3.05 bits per heavy atom. The van der Waals surface area contributed by atoms with Crippen LogP contribution in [0, 0.1) is 11.8 Å². The molecule has 0 aliphatic heterocycles. The molecule has 2 aromatic rings. The van der Waals surface area contributed by atoms with Gasteiger partial charge in [-0.15, -0.1) is 0 Å². The Morgan fingerprint density at radius 2 is 2.35 bits per heavy atom. The van der Waals surface area contributed by atoms with Gasteiger partial charge in [-0.3, -0.25) is 14.6 Å². The molecule has 0 unspecified atom stereocenters. The normalized spacial score (nSPS) is 10.1. The fourth-order valence-electron chi connectivity index (χ4n) is 1.80. The van der Waals surface area contributed by atoms with Gasteiger partial charge >= 0.3 is 0 Å². The number of nitrogen functional groups attached to an aromatic ring is 1. The molecule has 0 saturated carbocycles. The van der Waals surface area contributed by atoms with Crippen molar-refractivity contribution in [3.8, 4) is 11.8 Å². The molecular formula is C13H15N5O2. The summed E-state index contributed by atoms with van der Waals surface area (Å²) in [7, 11) is 1.76. The predicted molar refractivity (Wildman–Crippen MR) is 75.9 cm³/mol. The van der Waals surface area contributed by atoms with Gasteiger partial charge in [-0.1, -0.05) is 18.8 Å². The number of amides is 1. The Labute approximate surface area is 115 Å². The summed E-state index contributed by atoms with van der Waals surface area (Å²) in [6.07, 6.45) is 2.12. The van der Waals surface area contributed by atoms with Gasteiger partial charge in [-0.05, 0) is 0 Å². The van der Waals surface area contributed by atoms with Crippen molar-refractivity contribution in [1.82, 2.24) is 19.9 Å². The number of fused-ring (bicyclic) bond motifs is 1. The van der Waals surface area contributed by atoms with E-state index in [2.05, 4.69) is 27.1 Å². The Morgan fingerprint density at radius 1 is 1.60 bits per heavy atom. The minimum Gasteiger partial charge on any atom is -0.369 e. The molecule has 0 aliphatic rings. The summed E-state index contributed by atoms with van der Waals surface area (Å²) >= 11 is 0. The van der Waals surface area contributed by atoms with E-state index in [0.717, 1.165) is 0 Å². The zero-order chi connectivity index (χ0) is 14.7. The van der Waals surface area contributed by atoms with E-state index in [9.17, 15) is 9.59 Å². The summed E-state index contributed by atoms with van der Waals surface area (Å²) in [4.78, 5) is 29.5. The lowest BCUT2D eigenvalue weighted by Gasteiger charge is -1.95. The molecular weight excluding hydrogens is 258 g/mol. The Bertz CT molecular complexity index is 776. The third kappa shape index (κ3) is 2.64. The summed E-state index contributed by atoms with van der Waals surface area (Å²) in [5.41, 5.74) is 6.22. The molecule has 1 amide bonds. The van der Waals surface area contributed by atoms with Crippen LogP contribution in [0.3, 0.4) is 0 Å². The Hall–Kier alpha value is -2.75. The Balaban J connectivity index is 2.35. The third-order valence-corrected chi connectivity index (χ3v) is 2.76. The maximum atomic E-state index is 11.9. The van der Waals surface area contributed by atoms with E-state index in [0.29, 0.717) is 23.0 Å². The van der Waals surface area contributed by atoms with E-state index < -0.39 is 0 Å². The Kier molecular flexibility index (Phi) is 3.75. The number of anilines is 1. The van der Waals surface area contributed by atoms with Crippen molar-refractivity contribution in [2.24, 2.45) is 7.05 Å². The lowest BCUT2D eigenvalue weighted by Crippen LogP contribution is -2.22. The van der Waals surface area contributed by atoms with Crippen LogP contribution in [-0.2, 0) is 11.8 Å². The number of nitrogens with zero attached hydrogens (tertiary/aromatic N) is 2. The maximum absolute atomic E-state index is 11.9. The molecule has 104 valence electrons. The lowest BCUT2D eigenvalue weighted by atomic mass is 10.2. The smallest absolute Gasteiger partial charge is 0.263 e. The van der Waals surface area contributed by atoms with E-state index in [1.807, 2.05) is 0 Å². The third-order valence-electron chi connectivity index (χ3n) is 2.76. The van der Waals surface area contributed by atoms with E-state index in [1.165, 1.54) is 0 Å². The number of rotatable bonds is 2. The molecule has 0 atom stereocenters. The van der Waals surface area contributed by atoms with Gasteiger partial charge in [-0.2, -0.15) is 4.98 Å². The first-order valence-corrected chi connectivity index (χ1v) is 6.13. The van der Waals surface area contributed by atoms with Crippen molar-refractivity contribution in [3.63, 3.8) is 0 Å². The number of aromatic amines is 1. The quantitative estimate of drug-likeness (QED) is 0.654. The fraction of sp³-hybridized carbons (Fsp3) is 0.308. The second-order valence-electron chi connectivity index (χ2n) is 4.24. The molecule has 20 heavy (non-hydrogen) atoms. The highest BCUT2D eigenvalue weighted by atomic mass is 16.1. The van der Waals surface area contributed by atoms with Gasteiger partial charge in [0, 0.05) is 19.7 Å². The van der Waals surface area contributed by atoms with Crippen LogP contribution in [0.15, 0.2) is 11.0 Å². The molecule has 0 aromatic carbocycles. The number of carbonyl (C=O) groups is 1. The van der Waals surface area contributed by atoms with Crippen LogP contribution in [-0.4, -0.2) is 27.0 Å². The highest BCUT2D eigenvalue weighted by Gasteiger charge is 2.10. The van der Waals surface area contributed by atoms with E-state index in [4.69, 9.17) is 5.73 Å². The summed E-state index contributed by atoms with van der Waals surface area (Å²) < 4.78 is 1.69. The molecule has 2 heterocycles. The van der Waals surface area contributed by atoms with Crippen LogP contribution in [0.25, 0.3) is 11.0 Å². The number of nitrogens with two attached hydrogens (primary N) is 1. The molecule has 0 radical (unpaired) electrons. The number of hydrogen-bond donors (Lipinski definition) is 3. The highest BCUT2D eigenvalue weighted by molar-refractivity contribution is 5.83. The summed E-state index contributed by atoms with van der Waals surface area (Å²) in [6.45, 7) is 2.01. The number of H-pyrrole nitrogens is 1. The molecule has 0 bridgehead atoms. The zero-order valence-corrected chi connectivity index (χ0v) is 11.3. The molecule has 2 rings (SSSR count). The van der Waals surface area contributed by atoms with Gasteiger partial charge in [0.15, 0.2) is 5.65 Å². The predicted octanol–water partition coefficient (Wildman–Crippen LogP) is -0.279. The first kappa shape index (κ1) is 13.7. The molecule has 0 aliphatic carbocycles. The maximum Gasteiger partial charge on any atom is 0.263 e. The molecule has 0 spiro atoms. The van der Waals surface area contributed by atoms with Gasteiger partial charge in [-0.25, -0.2) is 0 Å². The van der Waals surface area contributed by atoms with Crippen molar-refractivity contribution in [2.75, 3.05) is 12.3 Å². The van der Waals surface area contributed by atoms with Crippen molar-refractivity contribution in [1.29, 1.82) is 0 Å². The second kappa shape index (κ2) is 5.48. The second-order valence-corrected chi connectivity index (χ2v) is 4.24. The fourth-order valence-corrected chi connectivity index (χ4v) is 1.80. The molecule has 0 saturated heterocycles. The first-order chi connectivity index (χ1) is 9.52. The molecule has 2 aromatic heterocycles. The van der Waals surface area contributed by atoms with Crippen LogP contribution < -0.4 is 16.6 Å². The van der Waals surface area contributed by atoms with Gasteiger partial charge in [0.1, 0.15) is 0 Å². The van der Waals surface area contributed by atoms with Gasteiger partial charge < -0.3 is 15.6 Å². The minimum atomic E-state index is -0.324. The highest BCUT2D eigenvalue weighted by Crippen LogP contribution is 2.13. The first-order valence-electron chi connectivity index (χ1n) is 6.13. The number of carbonyl (C=O) groups excluding carboxylic acids is 1. The van der Waals surface area contributed by atoms with Crippen LogP contribution in [0.1, 0.15) is 18.9 Å². The van der Waals surface area contributed by atoms with Crippen molar-refractivity contribution in [3.05, 3.63) is 22.1 Å². The SMILES string of the molecule is CCC(=O)NCC#Cc1cn(C)c2nc(N)[nH]c(=O)c12. The van der Waals surface area contributed by atoms with E-state index in [-0.39, 0.29) is 24.0 Å². The summed E-state index contributed by atoms with van der Waals surface area (Å²) in [5.74, 6) is 5.67. The van der Waals surface area contributed by atoms with Gasteiger partial charge in [0.05, 0.1) is 17.5 Å². The summed E-state index contributed by atoms with van der Waals surface area (Å²) in [5, 5.41) is 3.04. The molecule has 4 N–H and O–H groups in total. The number of hydrogen-bond acceptors (Lipinski definition) is 4. The van der Waals surface area contributed by atoms with E-state index >= 15 is 0 Å². The van der Waals surface area contributed by atoms with Crippen LogP contribution in [0.2, 0.25) is 0 Å². The largest absolute Gasteiger partial charge is 0.369 e. The summed E-state index contributed by atoms with van der Waals surface area (Å²) in [6, 6.07) is 0. The number of aryl methyl sites for hydroxylation is 1. The van der Waals surface area contributed by atoms with E-state index in [1.54, 1.807) is 24.7 Å². The average molecular weight is 273 g/mol. The molecule has 0 fully saturated rings. The van der Waals surface area contributed by atoms with Crippen molar-refractivity contribution < 1.29 is 4.79 Å². The number of aromatic nitrogens is 3. The van der Waals surface area contributed by atoms with Crippen LogP contribution >= 0.6 is 0 Å².